The predicted octanol–water partition coefficient (Wildman–Crippen LogP) is 2.99. The van der Waals surface area contributed by atoms with E-state index in [0.29, 0.717) is 16.1 Å². The van der Waals surface area contributed by atoms with E-state index in [1.54, 1.807) is 12.1 Å². The number of aliphatic carboxylic acids is 1. The van der Waals surface area contributed by atoms with E-state index >= 15 is 0 Å². The third kappa shape index (κ3) is 7.03. The summed E-state index contributed by atoms with van der Waals surface area (Å²) in [6.07, 6.45) is 0.000147. The smallest absolute Gasteiger partial charge is 0.326 e. The summed E-state index contributed by atoms with van der Waals surface area (Å²) in [6, 6.07) is 7.77. The van der Waals surface area contributed by atoms with Gasteiger partial charge in [0.2, 0.25) is 11.8 Å². The molecular formula is C20H19Cl2FN2O4. The highest BCUT2D eigenvalue weighted by Crippen LogP contribution is 2.22. The molecule has 2 amide bonds. The van der Waals surface area contributed by atoms with Crippen molar-refractivity contribution in [3.05, 3.63) is 69.5 Å². The number of rotatable bonds is 8. The summed E-state index contributed by atoms with van der Waals surface area (Å²) in [6.45, 7) is 1.24. The van der Waals surface area contributed by atoms with E-state index in [0.717, 1.165) is 0 Å². The van der Waals surface area contributed by atoms with Crippen molar-refractivity contribution in [1.82, 2.24) is 10.6 Å². The first-order valence-electron chi connectivity index (χ1n) is 8.64. The molecule has 0 spiro atoms. The van der Waals surface area contributed by atoms with Gasteiger partial charge in [-0.05, 0) is 35.4 Å². The Bertz CT molecular complexity index is 906. The minimum absolute atomic E-state index is 0.0690. The SMILES string of the molecule is CC(=O)N[C@@H](Cc1ccc(F)cc1)C(=O)N[C@@H](Cc1ccc(Cl)cc1Cl)C(=O)O. The first kappa shape index (κ1) is 22.6. The van der Waals surface area contributed by atoms with Gasteiger partial charge in [-0.1, -0.05) is 41.4 Å². The zero-order valence-corrected chi connectivity index (χ0v) is 16.9. The number of carboxylic acid groups (broad SMARTS) is 1. The standard InChI is InChI=1S/C20H19Cl2FN2O4/c1-11(26)24-17(8-12-2-6-15(23)7-3-12)19(27)25-18(20(28)29)9-13-4-5-14(21)10-16(13)22/h2-7,10,17-18H,8-9H2,1H3,(H,24,26)(H,25,27)(H,28,29)/t17-,18-/m0/s1. The Balaban J connectivity index is 2.15. The van der Waals surface area contributed by atoms with Gasteiger partial charge in [-0.15, -0.1) is 0 Å². The van der Waals surface area contributed by atoms with Gasteiger partial charge in [-0.3, -0.25) is 9.59 Å². The zero-order chi connectivity index (χ0) is 21.6. The molecule has 2 aromatic rings. The van der Waals surface area contributed by atoms with Crippen molar-refractivity contribution < 1.29 is 23.9 Å². The molecule has 0 saturated heterocycles. The summed E-state index contributed by atoms with van der Waals surface area (Å²) >= 11 is 11.9. The van der Waals surface area contributed by atoms with Crippen LogP contribution >= 0.6 is 23.2 Å². The number of amides is 2. The maximum atomic E-state index is 13.1. The lowest BCUT2D eigenvalue weighted by atomic mass is 10.0. The molecule has 9 heteroatoms. The van der Waals surface area contributed by atoms with Crippen LogP contribution in [0.3, 0.4) is 0 Å². The van der Waals surface area contributed by atoms with Crippen LogP contribution in [-0.4, -0.2) is 35.0 Å². The normalized spacial score (nSPS) is 12.7. The van der Waals surface area contributed by atoms with Crippen LogP contribution in [0, 0.1) is 5.82 Å². The van der Waals surface area contributed by atoms with Gasteiger partial charge in [0.25, 0.3) is 0 Å². The first-order chi connectivity index (χ1) is 13.7. The lowest BCUT2D eigenvalue weighted by Crippen LogP contribution is -2.52. The van der Waals surface area contributed by atoms with Crippen molar-refractivity contribution in [2.24, 2.45) is 0 Å². The molecule has 2 rings (SSSR count). The van der Waals surface area contributed by atoms with Gasteiger partial charge in [0, 0.05) is 29.8 Å². The van der Waals surface area contributed by atoms with Crippen molar-refractivity contribution in [2.45, 2.75) is 31.8 Å². The van der Waals surface area contributed by atoms with Gasteiger partial charge in [0.05, 0.1) is 0 Å². The van der Waals surface area contributed by atoms with Gasteiger partial charge in [-0.2, -0.15) is 0 Å². The van der Waals surface area contributed by atoms with E-state index in [9.17, 15) is 23.9 Å². The minimum Gasteiger partial charge on any atom is -0.480 e. The van der Waals surface area contributed by atoms with E-state index in [4.69, 9.17) is 23.2 Å². The van der Waals surface area contributed by atoms with Crippen LogP contribution in [0.25, 0.3) is 0 Å². The Kier molecular flexibility index (Phi) is 7.99. The monoisotopic (exact) mass is 440 g/mol. The fourth-order valence-corrected chi connectivity index (χ4v) is 3.18. The molecule has 154 valence electrons. The number of halogens is 3. The van der Waals surface area contributed by atoms with Crippen molar-refractivity contribution >= 4 is 41.0 Å². The maximum absolute atomic E-state index is 13.1. The van der Waals surface area contributed by atoms with E-state index in [-0.39, 0.29) is 17.9 Å². The molecule has 2 aromatic carbocycles. The number of carbonyl (C=O) groups excluding carboxylic acids is 2. The van der Waals surface area contributed by atoms with Gasteiger partial charge in [0.15, 0.2) is 0 Å². The van der Waals surface area contributed by atoms with Crippen LogP contribution in [0.1, 0.15) is 18.1 Å². The van der Waals surface area contributed by atoms with Crippen LogP contribution in [0.2, 0.25) is 10.0 Å². The number of hydrogen-bond acceptors (Lipinski definition) is 3. The summed E-state index contributed by atoms with van der Waals surface area (Å²) in [5.74, 6) is -2.82. The van der Waals surface area contributed by atoms with Crippen molar-refractivity contribution in [2.75, 3.05) is 0 Å². The molecule has 0 unspecified atom stereocenters. The minimum atomic E-state index is -1.27. The number of carbonyl (C=O) groups is 3. The largest absolute Gasteiger partial charge is 0.480 e. The molecule has 0 radical (unpaired) electrons. The average molecular weight is 441 g/mol. The Morgan fingerprint density at radius 2 is 1.66 bits per heavy atom. The Morgan fingerprint density at radius 3 is 2.21 bits per heavy atom. The molecule has 0 aromatic heterocycles. The molecule has 3 N–H and O–H groups in total. The quantitative estimate of drug-likeness (QED) is 0.587. The zero-order valence-electron chi connectivity index (χ0n) is 15.4. The molecule has 0 heterocycles. The third-order valence-corrected chi connectivity index (χ3v) is 4.69. The molecule has 6 nitrogen and oxygen atoms in total. The fraction of sp³-hybridized carbons (Fsp3) is 0.250. The van der Waals surface area contributed by atoms with Gasteiger partial charge in [0.1, 0.15) is 17.9 Å². The lowest BCUT2D eigenvalue weighted by molar-refractivity contribution is -0.142. The van der Waals surface area contributed by atoms with Gasteiger partial charge in [-0.25, -0.2) is 9.18 Å². The lowest BCUT2D eigenvalue weighted by Gasteiger charge is -2.21. The second-order valence-electron chi connectivity index (χ2n) is 6.42. The Morgan fingerprint density at radius 1 is 1.00 bits per heavy atom. The van der Waals surface area contributed by atoms with Gasteiger partial charge < -0.3 is 15.7 Å². The highest BCUT2D eigenvalue weighted by Gasteiger charge is 2.27. The summed E-state index contributed by atoms with van der Waals surface area (Å²) in [5, 5.41) is 15.1. The predicted molar refractivity (Wildman–Crippen MR) is 107 cm³/mol. The molecule has 0 aliphatic rings. The van der Waals surface area contributed by atoms with E-state index < -0.39 is 35.7 Å². The fourth-order valence-electron chi connectivity index (χ4n) is 2.69. The second-order valence-corrected chi connectivity index (χ2v) is 7.27. The molecule has 0 saturated carbocycles. The highest BCUT2D eigenvalue weighted by molar-refractivity contribution is 6.35. The number of benzene rings is 2. The van der Waals surface area contributed by atoms with E-state index in [2.05, 4.69) is 10.6 Å². The van der Waals surface area contributed by atoms with Crippen LogP contribution < -0.4 is 10.6 Å². The topological polar surface area (TPSA) is 95.5 Å². The molecule has 0 aliphatic heterocycles. The van der Waals surface area contributed by atoms with Crippen molar-refractivity contribution in [3.63, 3.8) is 0 Å². The summed E-state index contributed by atoms with van der Waals surface area (Å²) in [7, 11) is 0. The van der Waals surface area contributed by atoms with E-state index in [1.165, 1.54) is 37.3 Å². The second kappa shape index (κ2) is 10.2. The summed E-state index contributed by atoms with van der Waals surface area (Å²) < 4.78 is 13.1. The van der Waals surface area contributed by atoms with Crippen molar-refractivity contribution in [1.29, 1.82) is 0 Å². The molecule has 29 heavy (non-hydrogen) atoms. The number of nitrogens with one attached hydrogen (secondary N) is 2. The first-order valence-corrected chi connectivity index (χ1v) is 9.40. The molecule has 0 fully saturated rings. The molecule has 2 atom stereocenters. The van der Waals surface area contributed by atoms with Crippen LogP contribution in [-0.2, 0) is 27.2 Å². The Labute approximate surface area is 177 Å². The summed E-state index contributed by atoms with van der Waals surface area (Å²) in [5.41, 5.74) is 1.10. The molecule has 0 aliphatic carbocycles. The molecular weight excluding hydrogens is 422 g/mol. The van der Waals surface area contributed by atoms with Crippen LogP contribution in [0.15, 0.2) is 42.5 Å². The summed E-state index contributed by atoms with van der Waals surface area (Å²) in [4.78, 5) is 35.8. The van der Waals surface area contributed by atoms with Crippen molar-refractivity contribution in [3.8, 4) is 0 Å². The van der Waals surface area contributed by atoms with E-state index in [1.807, 2.05) is 0 Å². The average Bonchev–Trinajstić information content (AvgIpc) is 2.63. The third-order valence-electron chi connectivity index (χ3n) is 4.10. The van der Waals surface area contributed by atoms with Crippen LogP contribution in [0.5, 0.6) is 0 Å². The highest BCUT2D eigenvalue weighted by atomic mass is 35.5. The van der Waals surface area contributed by atoms with Crippen LogP contribution in [0.4, 0.5) is 4.39 Å². The number of hydrogen-bond donors (Lipinski definition) is 3. The number of carboxylic acids is 1. The van der Waals surface area contributed by atoms with Gasteiger partial charge >= 0.3 is 5.97 Å². The molecule has 0 bridgehead atoms. The Hall–Kier alpha value is -2.64. The maximum Gasteiger partial charge on any atom is 0.326 e.